The molecule has 2 aliphatic heterocycles. The van der Waals surface area contributed by atoms with E-state index in [1.807, 2.05) is 0 Å². The highest BCUT2D eigenvalue weighted by atomic mass is 32.2. The molecule has 0 unspecified atom stereocenters. The van der Waals surface area contributed by atoms with Crippen LogP contribution in [-0.2, 0) is 31.8 Å². The van der Waals surface area contributed by atoms with Crippen LogP contribution in [0.15, 0.2) is 17.3 Å². The summed E-state index contributed by atoms with van der Waals surface area (Å²) in [4.78, 5) is 13.6. The number of nitrogens with zero attached hydrogens (tertiary/aromatic N) is 5. The Balaban J connectivity index is 1.56. The van der Waals surface area contributed by atoms with E-state index in [4.69, 9.17) is 4.74 Å². The molecule has 0 bridgehead atoms. The van der Waals surface area contributed by atoms with Crippen molar-refractivity contribution in [1.82, 2.24) is 23.3 Å². The maximum absolute atomic E-state index is 12.8. The Bertz CT molecular complexity index is 968. The molecular weight excluding hydrogens is 422 g/mol. The molecule has 164 valence electrons. The molecule has 29 heavy (non-hydrogen) atoms. The summed E-state index contributed by atoms with van der Waals surface area (Å²) in [6.07, 6.45) is 2.16. The van der Waals surface area contributed by atoms with Gasteiger partial charge in [0.15, 0.2) is 0 Å². The number of sulfonamides is 2. The molecule has 0 N–H and O–H groups in total. The second kappa shape index (κ2) is 7.52. The zero-order chi connectivity index (χ0) is 21.6. The van der Waals surface area contributed by atoms with Crippen LogP contribution in [-0.4, -0.2) is 96.3 Å². The fourth-order valence-electron chi connectivity index (χ4n) is 3.13. The molecule has 0 aliphatic carbocycles. The van der Waals surface area contributed by atoms with Crippen LogP contribution in [0.1, 0.15) is 20.8 Å². The number of rotatable bonds is 4. The molecule has 2 saturated heterocycles. The number of aromatic nitrogens is 2. The summed E-state index contributed by atoms with van der Waals surface area (Å²) < 4.78 is 59.9. The summed E-state index contributed by atoms with van der Waals surface area (Å²) in [7, 11) is -5.79. The number of hydrogen-bond donors (Lipinski definition) is 0. The van der Waals surface area contributed by atoms with E-state index in [1.165, 1.54) is 26.3 Å². The van der Waals surface area contributed by atoms with Crippen LogP contribution in [0.2, 0.25) is 0 Å². The molecule has 11 nitrogen and oxygen atoms in total. The fraction of sp³-hybridized carbons (Fsp3) is 0.750. The van der Waals surface area contributed by atoms with E-state index in [-0.39, 0.29) is 44.2 Å². The lowest BCUT2D eigenvalue weighted by atomic mass is 10.2. The van der Waals surface area contributed by atoms with E-state index < -0.39 is 37.0 Å². The van der Waals surface area contributed by atoms with Crippen molar-refractivity contribution in [2.24, 2.45) is 7.05 Å². The first-order valence-corrected chi connectivity index (χ1v) is 12.2. The highest BCUT2D eigenvalue weighted by molar-refractivity contribution is 7.91. The van der Waals surface area contributed by atoms with E-state index in [0.717, 1.165) is 4.31 Å². The minimum atomic E-state index is -3.75. The molecule has 13 heteroatoms. The summed E-state index contributed by atoms with van der Waals surface area (Å²) in [6, 6.07) is 0. The van der Waals surface area contributed by atoms with Crippen LogP contribution in [0, 0.1) is 0 Å². The van der Waals surface area contributed by atoms with Crippen LogP contribution in [0.5, 0.6) is 0 Å². The van der Waals surface area contributed by atoms with Crippen LogP contribution < -0.4 is 0 Å². The summed E-state index contributed by atoms with van der Waals surface area (Å²) in [6.45, 7) is 5.92. The van der Waals surface area contributed by atoms with Crippen molar-refractivity contribution >= 4 is 26.1 Å². The number of carbonyl (C=O) groups excluding carboxylic acids is 1. The Morgan fingerprint density at radius 2 is 1.66 bits per heavy atom. The second-order valence-electron chi connectivity index (χ2n) is 8.21. The van der Waals surface area contributed by atoms with Crippen molar-refractivity contribution in [1.29, 1.82) is 0 Å². The van der Waals surface area contributed by atoms with Crippen LogP contribution >= 0.6 is 0 Å². The average Bonchev–Trinajstić information content (AvgIpc) is 2.99. The quantitative estimate of drug-likeness (QED) is 0.617. The van der Waals surface area contributed by atoms with Crippen molar-refractivity contribution in [3.05, 3.63) is 12.4 Å². The van der Waals surface area contributed by atoms with Gasteiger partial charge in [0, 0.05) is 52.5 Å². The third-order valence-electron chi connectivity index (χ3n) is 4.80. The van der Waals surface area contributed by atoms with Gasteiger partial charge in [-0.2, -0.15) is 13.7 Å². The summed E-state index contributed by atoms with van der Waals surface area (Å²) >= 11 is 0. The molecule has 1 aromatic heterocycles. The lowest BCUT2D eigenvalue weighted by Crippen LogP contribution is -2.62. The zero-order valence-corrected chi connectivity index (χ0v) is 18.6. The third-order valence-corrected chi connectivity index (χ3v) is 8.82. The predicted molar refractivity (Wildman–Crippen MR) is 104 cm³/mol. The molecule has 0 radical (unpaired) electrons. The van der Waals surface area contributed by atoms with E-state index in [0.29, 0.717) is 0 Å². The largest absolute Gasteiger partial charge is 0.444 e. The SMILES string of the molecule is Cn1cc(S(=O)(=O)N2CC(S(=O)(=O)N3CCN(C(=O)OC(C)(C)C)CC3)C2)cn1. The van der Waals surface area contributed by atoms with Gasteiger partial charge in [-0.15, -0.1) is 0 Å². The number of aryl methyl sites for hydroxylation is 1. The smallest absolute Gasteiger partial charge is 0.410 e. The number of piperazine rings is 1. The lowest BCUT2D eigenvalue weighted by molar-refractivity contribution is 0.0191. The number of ether oxygens (including phenoxy) is 1. The fourth-order valence-corrected chi connectivity index (χ4v) is 6.66. The monoisotopic (exact) mass is 449 g/mol. The van der Waals surface area contributed by atoms with E-state index in [9.17, 15) is 21.6 Å². The van der Waals surface area contributed by atoms with Gasteiger partial charge < -0.3 is 9.64 Å². The van der Waals surface area contributed by atoms with Crippen molar-refractivity contribution in [3.63, 3.8) is 0 Å². The van der Waals surface area contributed by atoms with Gasteiger partial charge in [0.25, 0.3) is 0 Å². The molecule has 0 spiro atoms. The lowest BCUT2D eigenvalue weighted by Gasteiger charge is -2.41. The molecule has 2 fully saturated rings. The van der Waals surface area contributed by atoms with Gasteiger partial charge in [-0.05, 0) is 20.8 Å². The Hall–Kier alpha value is -1.70. The van der Waals surface area contributed by atoms with Gasteiger partial charge in [0.2, 0.25) is 20.0 Å². The molecule has 2 aliphatic rings. The summed E-state index contributed by atoms with van der Waals surface area (Å²) in [5.41, 5.74) is -0.616. The first-order chi connectivity index (χ1) is 13.3. The molecule has 3 rings (SSSR count). The maximum atomic E-state index is 12.8. The average molecular weight is 450 g/mol. The van der Waals surface area contributed by atoms with Gasteiger partial charge >= 0.3 is 6.09 Å². The molecule has 0 saturated carbocycles. The van der Waals surface area contributed by atoms with Gasteiger partial charge in [-0.3, -0.25) is 4.68 Å². The normalized spacial score (nSPS) is 20.5. The number of hydrogen-bond acceptors (Lipinski definition) is 7. The highest BCUT2D eigenvalue weighted by Gasteiger charge is 2.47. The van der Waals surface area contributed by atoms with Gasteiger partial charge in [-0.25, -0.2) is 21.6 Å². The first kappa shape index (κ1) is 22.0. The number of carbonyl (C=O) groups is 1. The Morgan fingerprint density at radius 1 is 1.07 bits per heavy atom. The van der Waals surface area contributed by atoms with E-state index >= 15 is 0 Å². The molecule has 3 heterocycles. The maximum Gasteiger partial charge on any atom is 0.410 e. The first-order valence-electron chi connectivity index (χ1n) is 9.26. The minimum Gasteiger partial charge on any atom is -0.444 e. The van der Waals surface area contributed by atoms with Crippen molar-refractivity contribution in [3.8, 4) is 0 Å². The van der Waals surface area contributed by atoms with Crippen LogP contribution in [0.4, 0.5) is 4.79 Å². The Labute approximate surface area is 171 Å². The zero-order valence-electron chi connectivity index (χ0n) is 17.0. The van der Waals surface area contributed by atoms with E-state index in [1.54, 1.807) is 27.8 Å². The molecule has 0 atom stereocenters. The van der Waals surface area contributed by atoms with Gasteiger partial charge in [0.05, 0.1) is 6.20 Å². The third kappa shape index (κ3) is 4.57. The topological polar surface area (TPSA) is 122 Å². The van der Waals surface area contributed by atoms with Crippen molar-refractivity contribution in [2.75, 3.05) is 39.3 Å². The molecule has 1 amide bonds. The highest BCUT2D eigenvalue weighted by Crippen LogP contribution is 2.27. The van der Waals surface area contributed by atoms with Crippen LogP contribution in [0.25, 0.3) is 0 Å². The predicted octanol–water partition coefficient (Wildman–Crippen LogP) is -0.324. The number of amides is 1. The summed E-state index contributed by atoms with van der Waals surface area (Å²) in [5.74, 6) is 0. The van der Waals surface area contributed by atoms with Crippen molar-refractivity contribution in [2.45, 2.75) is 36.5 Å². The molecular formula is C16H27N5O6S2. The summed E-state index contributed by atoms with van der Waals surface area (Å²) in [5, 5.41) is 3.06. The van der Waals surface area contributed by atoms with Crippen molar-refractivity contribution < 1.29 is 26.4 Å². The Morgan fingerprint density at radius 3 is 2.14 bits per heavy atom. The van der Waals surface area contributed by atoms with E-state index in [2.05, 4.69) is 5.10 Å². The van der Waals surface area contributed by atoms with Gasteiger partial charge in [-0.1, -0.05) is 0 Å². The Kier molecular flexibility index (Phi) is 5.71. The minimum absolute atomic E-state index is 0.0434. The second-order valence-corrected chi connectivity index (χ2v) is 12.4. The molecule has 0 aromatic carbocycles. The standard InChI is InChI=1S/C16H27N5O6S2/c1-16(2,3)27-15(22)19-5-7-20(8-6-19)29(25,26)14-11-21(12-14)28(23,24)13-9-17-18(4)10-13/h9-10,14H,5-8,11-12H2,1-4H3. The molecule has 1 aromatic rings. The van der Waals surface area contributed by atoms with Gasteiger partial charge in [0.1, 0.15) is 15.7 Å². The van der Waals surface area contributed by atoms with Crippen LogP contribution in [0.3, 0.4) is 0 Å².